The summed E-state index contributed by atoms with van der Waals surface area (Å²) in [6.45, 7) is 3.30. The van der Waals surface area contributed by atoms with Crippen LogP contribution in [0.4, 0.5) is 0 Å². The van der Waals surface area contributed by atoms with Gasteiger partial charge in [0.25, 0.3) is 15.0 Å². The van der Waals surface area contributed by atoms with Crippen LogP contribution in [0, 0.1) is 0 Å². The number of hydrogen-bond donors (Lipinski definition) is 0. The fraction of sp³-hybridized carbons (Fsp3) is 0.583. The second kappa shape index (κ2) is 7.10. The fourth-order valence-electron chi connectivity index (χ4n) is 1.80. The molecular formula is C12H19ClN2O4S. The molecule has 1 heterocycles. The third kappa shape index (κ3) is 4.22. The van der Waals surface area contributed by atoms with Gasteiger partial charge in [0.15, 0.2) is 0 Å². The molecule has 0 atom stereocenters. The van der Waals surface area contributed by atoms with Gasteiger partial charge in [-0.3, -0.25) is 4.79 Å². The summed E-state index contributed by atoms with van der Waals surface area (Å²) in [6, 6.07) is 1.30. The molecule has 1 rings (SSSR count). The molecule has 1 aromatic rings. The molecule has 0 bridgehead atoms. The quantitative estimate of drug-likeness (QED) is 0.714. The first-order valence-corrected chi connectivity index (χ1v) is 8.51. The molecule has 1 aromatic heterocycles. The van der Waals surface area contributed by atoms with Crippen LogP contribution in [0.5, 0.6) is 0 Å². The van der Waals surface area contributed by atoms with Crippen molar-refractivity contribution in [3.8, 4) is 0 Å². The van der Waals surface area contributed by atoms with Gasteiger partial charge in [-0.15, -0.1) is 0 Å². The molecule has 0 saturated heterocycles. The van der Waals surface area contributed by atoms with Gasteiger partial charge in [-0.25, -0.2) is 8.42 Å². The largest absolute Gasteiger partial charge is 0.383 e. The van der Waals surface area contributed by atoms with Crippen molar-refractivity contribution >= 4 is 25.6 Å². The van der Waals surface area contributed by atoms with E-state index in [1.165, 1.54) is 19.4 Å². The van der Waals surface area contributed by atoms with Crippen LogP contribution in [-0.2, 0) is 20.3 Å². The molecule has 0 saturated carbocycles. The molecule has 6 nitrogen and oxygen atoms in total. The Balaban J connectivity index is 3.15. The van der Waals surface area contributed by atoms with Crippen molar-refractivity contribution < 1.29 is 17.9 Å². The SMILES string of the molecule is CCCN(C)C(=O)c1cc(S(=O)(=O)Cl)cn1CCOC. The van der Waals surface area contributed by atoms with E-state index in [1.807, 2.05) is 6.92 Å². The Morgan fingerprint density at radius 3 is 2.65 bits per heavy atom. The predicted molar refractivity (Wildman–Crippen MR) is 76.6 cm³/mol. The maximum atomic E-state index is 12.3. The van der Waals surface area contributed by atoms with Crippen molar-refractivity contribution in [2.45, 2.75) is 24.8 Å². The normalized spacial score (nSPS) is 11.6. The second-order valence-electron chi connectivity index (χ2n) is 4.41. The second-order valence-corrected chi connectivity index (χ2v) is 6.98. The van der Waals surface area contributed by atoms with E-state index in [2.05, 4.69) is 0 Å². The van der Waals surface area contributed by atoms with Crippen LogP contribution < -0.4 is 0 Å². The van der Waals surface area contributed by atoms with E-state index in [4.69, 9.17) is 15.4 Å². The number of rotatable bonds is 7. The lowest BCUT2D eigenvalue weighted by Gasteiger charge is -2.17. The number of halogens is 1. The van der Waals surface area contributed by atoms with Gasteiger partial charge in [-0.1, -0.05) is 6.92 Å². The Morgan fingerprint density at radius 1 is 1.50 bits per heavy atom. The van der Waals surface area contributed by atoms with Crippen LogP contribution in [0.15, 0.2) is 17.2 Å². The van der Waals surface area contributed by atoms with E-state index in [9.17, 15) is 13.2 Å². The van der Waals surface area contributed by atoms with Crippen molar-refractivity contribution in [2.24, 2.45) is 0 Å². The van der Waals surface area contributed by atoms with Crippen molar-refractivity contribution in [3.63, 3.8) is 0 Å². The summed E-state index contributed by atoms with van der Waals surface area (Å²) in [5, 5.41) is 0. The van der Waals surface area contributed by atoms with Gasteiger partial charge >= 0.3 is 0 Å². The Labute approximate surface area is 123 Å². The number of carbonyl (C=O) groups excluding carboxylic acids is 1. The molecular weight excluding hydrogens is 304 g/mol. The maximum absolute atomic E-state index is 12.3. The van der Waals surface area contributed by atoms with Gasteiger partial charge in [-0.2, -0.15) is 0 Å². The van der Waals surface area contributed by atoms with Gasteiger partial charge in [0.2, 0.25) is 0 Å². The van der Waals surface area contributed by atoms with Gasteiger partial charge in [0.05, 0.1) is 6.61 Å². The minimum atomic E-state index is -3.86. The van der Waals surface area contributed by atoms with Crippen LogP contribution >= 0.6 is 10.7 Å². The Hall–Kier alpha value is -1.05. The van der Waals surface area contributed by atoms with E-state index in [1.54, 1.807) is 16.5 Å². The summed E-state index contributed by atoms with van der Waals surface area (Å²) in [5.74, 6) is -0.241. The molecule has 0 radical (unpaired) electrons. The Kier molecular flexibility index (Phi) is 6.04. The standard InChI is InChI=1S/C12H19ClN2O4S/c1-4-5-14(2)12(16)11-8-10(20(13,17)18)9-15(11)6-7-19-3/h8-9H,4-7H2,1-3H3. The summed E-state index contributed by atoms with van der Waals surface area (Å²) in [4.78, 5) is 13.8. The molecule has 0 N–H and O–H groups in total. The van der Waals surface area contributed by atoms with E-state index in [-0.39, 0.29) is 16.5 Å². The molecule has 0 aliphatic heterocycles. The van der Waals surface area contributed by atoms with E-state index in [0.717, 1.165) is 6.42 Å². The number of hydrogen-bond acceptors (Lipinski definition) is 4. The molecule has 1 amide bonds. The van der Waals surface area contributed by atoms with Gasteiger partial charge in [0.1, 0.15) is 10.6 Å². The average molecular weight is 323 g/mol. The lowest BCUT2D eigenvalue weighted by atomic mass is 10.3. The number of ether oxygens (including phenoxy) is 1. The number of amides is 1. The molecule has 0 aliphatic carbocycles. The molecule has 0 fully saturated rings. The van der Waals surface area contributed by atoms with E-state index < -0.39 is 9.05 Å². The lowest BCUT2D eigenvalue weighted by Crippen LogP contribution is -2.29. The van der Waals surface area contributed by atoms with Crippen LogP contribution in [0.25, 0.3) is 0 Å². The zero-order chi connectivity index (χ0) is 15.3. The monoisotopic (exact) mass is 322 g/mol. The van der Waals surface area contributed by atoms with Crippen molar-refractivity contribution in [1.82, 2.24) is 9.47 Å². The number of carbonyl (C=O) groups is 1. The first-order valence-electron chi connectivity index (χ1n) is 6.20. The van der Waals surface area contributed by atoms with Crippen molar-refractivity contribution in [3.05, 3.63) is 18.0 Å². The first-order chi connectivity index (χ1) is 9.31. The number of nitrogens with zero attached hydrogens (tertiary/aromatic N) is 2. The highest BCUT2D eigenvalue weighted by Gasteiger charge is 2.21. The zero-order valence-corrected chi connectivity index (χ0v) is 13.4. The highest BCUT2D eigenvalue weighted by Crippen LogP contribution is 2.19. The topological polar surface area (TPSA) is 68.6 Å². The molecule has 20 heavy (non-hydrogen) atoms. The smallest absolute Gasteiger partial charge is 0.270 e. The van der Waals surface area contributed by atoms with Gasteiger partial charge in [-0.05, 0) is 12.5 Å². The predicted octanol–water partition coefficient (Wildman–Crippen LogP) is 1.54. The zero-order valence-electron chi connectivity index (χ0n) is 11.8. The summed E-state index contributed by atoms with van der Waals surface area (Å²) >= 11 is 0. The molecule has 0 unspecified atom stereocenters. The van der Waals surface area contributed by atoms with E-state index in [0.29, 0.717) is 19.7 Å². The molecule has 0 aromatic carbocycles. The molecule has 114 valence electrons. The number of aromatic nitrogens is 1. The molecule has 8 heteroatoms. The van der Waals surface area contributed by atoms with Crippen LogP contribution in [0.3, 0.4) is 0 Å². The average Bonchev–Trinajstić information content (AvgIpc) is 2.79. The molecule has 0 aliphatic rings. The van der Waals surface area contributed by atoms with Crippen LogP contribution in [-0.4, -0.2) is 51.1 Å². The third-order valence-corrected chi connectivity index (χ3v) is 4.14. The minimum Gasteiger partial charge on any atom is -0.383 e. The van der Waals surface area contributed by atoms with Crippen LogP contribution in [0.1, 0.15) is 23.8 Å². The van der Waals surface area contributed by atoms with Gasteiger partial charge in [0, 0.05) is 44.1 Å². The van der Waals surface area contributed by atoms with Crippen LogP contribution in [0.2, 0.25) is 0 Å². The summed E-state index contributed by atoms with van der Waals surface area (Å²) < 4.78 is 29.3. The van der Waals surface area contributed by atoms with E-state index >= 15 is 0 Å². The minimum absolute atomic E-state index is 0.0801. The first kappa shape index (κ1) is 17.0. The summed E-state index contributed by atoms with van der Waals surface area (Å²) in [5.41, 5.74) is 0.289. The maximum Gasteiger partial charge on any atom is 0.270 e. The van der Waals surface area contributed by atoms with Crippen molar-refractivity contribution in [2.75, 3.05) is 27.3 Å². The molecule has 0 spiro atoms. The summed E-state index contributed by atoms with van der Waals surface area (Å²) in [6.07, 6.45) is 2.18. The van der Waals surface area contributed by atoms with Crippen molar-refractivity contribution in [1.29, 1.82) is 0 Å². The Morgan fingerprint density at radius 2 is 2.15 bits per heavy atom. The Bertz CT molecular complexity index is 568. The summed E-state index contributed by atoms with van der Waals surface area (Å²) in [7, 11) is 4.67. The number of methoxy groups -OCH3 is 1. The van der Waals surface area contributed by atoms with Gasteiger partial charge < -0.3 is 14.2 Å². The highest BCUT2D eigenvalue weighted by molar-refractivity contribution is 8.13. The highest BCUT2D eigenvalue weighted by atomic mass is 35.7. The fourth-order valence-corrected chi connectivity index (χ4v) is 2.56. The lowest BCUT2D eigenvalue weighted by molar-refractivity contribution is 0.0782. The third-order valence-electron chi connectivity index (χ3n) is 2.81.